The van der Waals surface area contributed by atoms with Crippen LogP contribution < -0.4 is 0 Å². The highest BCUT2D eigenvalue weighted by atomic mass is 16.3. The first-order valence-corrected chi connectivity index (χ1v) is 8.89. The van der Waals surface area contributed by atoms with Gasteiger partial charge in [-0.05, 0) is 65.8 Å². The number of hydrogen-bond acceptors (Lipinski definition) is 2. The zero-order valence-corrected chi connectivity index (χ0v) is 13.3. The largest absolute Gasteiger partial charge is 0.494 e. The Bertz CT molecular complexity index is 963. The summed E-state index contributed by atoms with van der Waals surface area (Å²) in [5.41, 5.74) is 2.91. The molecule has 3 nitrogen and oxygen atoms in total. The Morgan fingerprint density at radius 3 is 2.08 bits per heavy atom. The molecule has 2 fully saturated rings. The molecule has 2 N–H and O–H groups in total. The lowest BCUT2D eigenvalue weighted by molar-refractivity contribution is 0.322. The summed E-state index contributed by atoms with van der Waals surface area (Å²) in [6, 6.07) is 14.3. The minimum Gasteiger partial charge on any atom is -0.494 e. The van der Waals surface area contributed by atoms with E-state index in [2.05, 4.69) is 18.2 Å². The first-order valence-electron chi connectivity index (χ1n) is 8.89. The predicted molar refractivity (Wildman–Crippen MR) is 92.9 cm³/mol. The second-order valence-corrected chi connectivity index (χ2v) is 7.70. The topological polar surface area (TPSA) is 45.4 Å². The molecule has 2 bridgehead atoms. The van der Waals surface area contributed by atoms with Crippen molar-refractivity contribution in [2.75, 3.05) is 0 Å². The third-order valence-electron chi connectivity index (χ3n) is 6.64. The highest BCUT2D eigenvalue weighted by Crippen LogP contribution is 2.70. The number of benzene rings is 2. The van der Waals surface area contributed by atoms with E-state index in [9.17, 15) is 10.2 Å². The first-order chi connectivity index (χ1) is 11.7. The summed E-state index contributed by atoms with van der Waals surface area (Å²) >= 11 is 0. The van der Waals surface area contributed by atoms with Crippen molar-refractivity contribution in [1.82, 2.24) is 4.57 Å². The van der Waals surface area contributed by atoms with E-state index < -0.39 is 0 Å². The lowest BCUT2D eigenvalue weighted by atomic mass is 9.68. The van der Waals surface area contributed by atoms with E-state index in [0.717, 1.165) is 46.9 Å². The molecule has 24 heavy (non-hydrogen) atoms. The van der Waals surface area contributed by atoms with Crippen LogP contribution >= 0.6 is 0 Å². The molecule has 4 aliphatic rings. The summed E-state index contributed by atoms with van der Waals surface area (Å²) in [6.07, 6.45) is 3.60. The molecule has 1 heterocycles. The highest BCUT2D eigenvalue weighted by molar-refractivity contribution is 5.84. The molecule has 4 atom stereocenters. The van der Waals surface area contributed by atoms with Crippen LogP contribution in [-0.4, -0.2) is 14.8 Å². The average Bonchev–Trinajstić information content (AvgIpc) is 3.39. The predicted octanol–water partition coefficient (Wildman–Crippen LogP) is 4.65. The summed E-state index contributed by atoms with van der Waals surface area (Å²) in [7, 11) is 0. The van der Waals surface area contributed by atoms with Crippen LogP contribution in [0.5, 0.6) is 11.8 Å². The van der Waals surface area contributed by atoms with Gasteiger partial charge in [-0.1, -0.05) is 30.3 Å². The van der Waals surface area contributed by atoms with Gasteiger partial charge in [0.05, 0.1) is 5.69 Å². The van der Waals surface area contributed by atoms with E-state index >= 15 is 0 Å². The molecule has 2 saturated carbocycles. The van der Waals surface area contributed by atoms with E-state index in [1.54, 1.807) is 4.57 Å². The number of fused-ring (bicyclic) bond motifs is 2. The number of hydrogen-bond donors (Lipinski definition) is 2. The molecule has 1 aromatic heterocycles. The molecule has 0 amide bonds. The average molecular weight is 317 g/mol. The molecule has 0 spiro atoms. The Balaban J connectivity index is 1.60. The molecule has 7 rings (SSSR count). The Hall–Kier alpha value is -2.42. The van der Waals surface area contributed by atoms with Crippen LogP contribution in [0.3, 0.4) is 0 Å². The molecule has 3 aromatic rings. The SMILES string of the molecule is Oc1c2c(c(O)n1-c1ccc3ccccc3c1)[C@@H]1CC[C@H]2[C@H]2C[C@H]21. The number of nitrogens with zero attached hydrogens (tertiary/aromatic N) is 1. The van der Waals surface area contributed by atoms with Crippen molar-refractivity contribution in [3.8, 4) is 17.4 Å². The Kier molecular flexibility index (Phi) is 2.24. The van der Waals surface area contributed by atoms with Crippen LogP contribution in [0.25, 0.3) is 16.5 Å². The number of rotatable bonds is 1. The monoisotopic (exact) mass is 317 g/mol. The van der Waals surface area contributed by atoms with Crippen molar-refractivity contribution < 1.29 is 10.2 Å². The zero-order valence-electron chi connectivity index (χ0n) is 13.3. The molecule has 0 saturated heterocycles. The van der Waals surface area contributed by atoms with Gasteiger partial charge in [-0.15, -0.1) is 0 Å². The maximum atomic E-state index is 10.9. The van der Waals surface area contributed by atoms with Crippen molar-refractivity contribution in [3.63, 3.8) is 0 Å². The van der Waals surface area contributed by atoms with Crippen LogP contribution in [-0.2, 0) is 0 Å². The van der Waals surface area contributed by atoms with Gasteiger partial charge in [-0.2, -0.15) is 0 Å². The second kappa shape index (κ2) is 4.15. The molecule has 4 aliphatic carbocycles. The lowest BCUT2D eigenvalue weighted by Crippen LogP contribution is -2.22. The van der Waals surface area contributed by atoms with Crippen LogP contribution in [0.15, 0.2) is 42.5 Å². The zero-order chi connectivity index (χ0) is 16.0. The van der Waals surface area contributed by atoms with Gasteiger partial charge in [0.25, 0.3) is 0 Å². The van der Waals surface area contributed by atoms with E-state index in [1.807, 2.05) is 24.3 Å². The van der Waals surface area contributed by atoms with E-state index in [1.165, 1.54) is 11.8 Å². The number of aromatic hydroxyl groups is 2. The fraction of sp³-hybridized carbons (Fsp3) is 0.333. The molecule has 0 unspecified atom stereocenters. The van der Waals surface area contributed by atoms with Crippen LogP contribution in [0, 0.1) is 11.8 Å². The molecule has 120 valence electrons. The van der Waals surface area contributed by atoms with Gasteiger partial charge >= 0.3 is 0 Å². The summed E-state index contributed by atoms with van der Waals surface area (Å²) in [6.45, 7) is 0. The van der Waals surface area contributed by atoms with E-state index in [0.29, 0.717) is 11.8 Å². The van der Waals surface area contributed by atoms with Crippen molar-refractivity contribution in [1.29, 1.82) is 0 Å². The van der Waals surface area contributed by atoms with Gasteiger partial charge in [0, 0.05) is 11.1 Å². The summed E-state index contributed by atoms with van der Waals surface area (Å²) < 4.78 is 1.66. The Morgan fingerprint density at radius 2 is 1.42 bits per heavy atom. The van der Waals surface area contributed by atoms with Crippen LogP contribution in [0.2, 0.25) is 0 Å². The van der Waals surface area contributed by atoms with Crippen molar-refractivity contribution in [2.24, 2.45) is 11.8 Å². The van der Waals surface area contributed by atoms with Crippen molar-refractivity contribution >= 4 is 10.8 Å². The summed E-state index contributed by atoms with van der Waals surface area (Å²) in [5, 5.41) is 24.2. The molecule has 0 aliphatic heterocycles. The van der Waals surface area contributed by atoms with E-state index in [-0.39, 0.29) is 11.8 Å². The van der Waals surface area contributed by atoms with Gasteiger partial charge in [0.1, 0.15) is 0 Å². The Labute approximate surface area is 140 Å². The first kappa shape index (κ1) is 12.9. The third-order valence-corrected chi connectivity index (χ3v) is 6.64. The Morgan fingerprint density at radius 1 is 0.792 bits per heavy atom. The van der Waals surface area contributed by atoms with Crippen LogP contribution in [0.4, 0.5) is 0 Å². The van der Waals surface area contributed by atoms with Crippen LogP contribution in [0.1, 0.15) is 42.2 Å². The minimum atomic E-state index is 0.262. The molecular weight excluding hydrogens is 298 g/mol. The lowest BCUT2D eigenvalue weighted by Gasteiger charge is -2.35. The fourth-order valence-electron chi connectivity index (χ4n) is 5.54. The van der Waals surface area contributed by atoms with E-state index in [4.69, 9.17) is 0 Å². The smallest absolute Gasteiger partial charge is 0.202 e. The van der Waals surface area contributed by atoms with Crippen molar-refractivity contribution in [3.05, 3.63) is 53.6 Å². The maximum Gasteiger partial charge on any atom is 0.202 e. The quantitative estimate of drug-likeness (QED) is 0.686. The fourth-order valence-corrected chi connectivity index (χ4v) is 5.54. The minimum absolute atomic E-state index is 0.262. The van der Waals surface area contributed by atoms with Gasteiger partial charge in [-0.25, -0.2) is 0 Å². The summed E-state index contributed by atoms with van der Waals surface area (Å²) in [4.78, 5) is 0. The van der Waals surface area contributed by atoms with Gasteiger partial charge in [0.2, 0.25) is 11.8 Å². The molecule has 0 radical (unpaired) electrons. The standard InChI is InChI=1S/C21H19NO2/c23-20-18-14-7-8-15(17-10-16(14)17)19(18)21(24)22(20)13-6-5-11-3-1-2-4-12(11)9-13/h1-6,9,14-17,23-24H,7-8,10H2/t14-,15+,16+,17-. The normalized spacial score (nSPS) is 29.5. The van der Waals surface area contributed by atoms with Gasteiger partial charge < -0.3 is 10.2 Å². The van der Waals surface area contributed by atoms with Gasteiger partial charge in [0.15, 0.2) is 0 Å². The third kappa shape index (κ3) is 1.44. The van der Waals surface area contributed by atoms with Gasteiger partial charge in [-0.3, -0.25) is 4.57 Å². The van der Waals surface area contributed by atoms with Crippen molar-refractivity contribution in [2.45, 2.75) is 31.1 Å². The highest BCUT2D eigenvalue weighted by Gasteiger charge is 2.58. The molecule has 3 heteroatoms. The second-order valence-electron chi connectivity index (χ2n) is 7.70. The molecule has 2 aromatic carbocycles. The molecular formula is C21H19NO2. The maximum absolute atomic E-state index is 10.9. The summed E-state index contributed by atoms with van der Waals surface area (Å²) in [5.74, 6) is 2.91. The number of aromatic nitrogens is 1.